The molecule has 0 aromatic rings. The summed E-state index contributed by atoms with van der Waals surface area (Å²) in [5.74, 6) is -2.06. The first-order chi connectivity index (χ1) is 7.47. The van der Waals surface area contributed by atoms with Gasteiger partial charge in [-0.2, -0.15) is 0 Å². The maximum Gasteiger partial charge on any atom is 0.326 e. The molecule has 0 aromatic carbocycles. The molecule has 0 aromatic heterocycles. The van der Waals surface area contributed by atoms with Gasteiger partial charge in [0.1, 0.15) is 6.04 Å². The van der Waals surface area contributed by atoms with Crippen LogP contribution in [0.25, 0.3) is 0 Å². The minimum Gasteiger partial charge on any atom is -0.480 e. The summed E-state index contributed by atoms with van der Waals surface area (Å²) in [5, 5.41) is 13.3. The number of carboxylic acid groups (broad SMARTS) is 1. The van der Waals surface area contributed by atoms with E-state index in [2.05, 4.69) is 10.6 Å². The number of carbonyl (C=O) groups excluding carboxylic acids is 2. The number of urea groups is 1. The Hall–Kier alpha value is -1.79. The highest BCUT2D eigenvalue weighted by molar-refractivity contribution is 5.87. The number of amides is 3. The van der Waals surface area contributed by atoms with Crippen molar-refractivity contribution in [2.45, 2.75) is 32.2 Å². The van der Waals surface area contributed by atoms with Crippen molar-refractivity contribution in [1.82, 2.24) is 10.6 Å². The molecule has 1 atom stereocenters. The number of hydrogen-bond acceptors (Lipinski definition) is 3. The normalized spacial score (nSPS) is 11.6. The lowest BCUT2D eigenvalue weighted by atomic mass is 10.2. The van der Waals surface area contributed by atoms with Crippen LogP contribution >= 0.6 is 0 Å². The van der Waals surface area contributed by atoms with Gasteiger partial charge in [-0.1, -0.05) is 13.3 Å². The molecule has 0 spiro atoms. The van der Waals surface area contributed by atoms with E-state index in [1.807, 2.05) is 6.92 Å². The largest absolute Gasteiger partial charge is 0.480 e. The minimum atomic E-state index is -1.29. The summed E-state index contributed by atoms with van der Waals surface area (Å²) >= 11 is 0. The highest BCUT2D eigenvalue weighted by atomic mass is 16.4. The smallest absolute Gasteiger partial charge is 0.326 e. The van der Waals surface area contributed by atoms with Crippen LogP contribution in [0.5, 0.6) is 0 Å². The van der Waals surface area contributed by atoms with Crippen LogP contribution in [0.1, 0.15) is 26.2 Å². The van der Waals surface area contributed by atoms with Gasteiger partial charge in [-0.05, 0) is 6.42 Å². The van der Waals surface area contributed by atoms with Gasteiger partial charge >= 0.3 is 12.0 Å². The van der Waals surface area contributed by atoms with Gasteiger partial charge < -0.3 is 21.5 Å². The standard InChI is InChI=1S/C9H17N3O4/c1-2-3-4-11-9(16)12-6(8(14)15)5-7(10)13/h6H,2-5H2,1H3,(H2,10,13)(H,14,15)(H2,11,12,16)/t6-/m1/s1. The third kappa shape index (κ3) is 6.63. The highest BCUT2D eigenvalue weighted by Crippen LogP contribution is 1.91. The van der Waals surface area contributed by atoms with Crippen LogP contribution in [-0.4, -0.2) is 35.6 Å². The first kappa shape index (κ1) is 14.2. The van der Waals surface area contributed by atoms with Crippen LogP contribution in [0.3, 0.4) is 0 Å². The molecule has 92 valence electrons. The van der Waals surface area contributed by atoms with Gasteiger partial charge in [-0.3, -0.25) is 4.79 Å². The average molecular weight is 231 g/mol. The zero-order valence-electron chi connectivity index (χ0n) is 9.16. The van der Waals surface area contributed by atoms with Gasteiger partial charge in [0.25, 0.3) is 0 Å². The number of nitrogens with two attached hydrogens (primary N) is 1. The number of hydrogen-bond donors (Lipinski definition) is 4. The van der Waals surface area contributed by atoms with Crippen molar-refractivity contribution in [2.24, 2.45) is 5.73 Å². The lowest BCUT2D eigenvalue weighted by molar-refractivity contribution is -0.140. The molecule has 0 aliphatic heterocycles. The van der Waals surface area contributed by atoms with E-state index in [1.165, 1.54) is 0 Å². The Labute approximate surface area is 93.4 Å². The Balaban J connectivity index is 4.03. The topological polar surface area (TPSA) is 122 Å². The molecule has 0 fully saturated rings. The molecule has 0 bridgehead atoms. The maximum atomic E-state index is 11.2. The third-order valence-corrected chi connectivity index (χ3v) is 1.82. The van der Waals surface area contributed by atoms with Gasteiger partial charge in [-0.25, -0.2) is 9.59 Å². The van der Waals surface area contributed by atoms with Crippen molar-refractivity contribution in [3.63, 3.8) is 0 Å². The molecule has 0 aliphatic rings. The quantitative estimate of drug-likeness (QED) is 0.437. The number of rotatable bonds is 7. The molecule has 0 unspecified atom stereocenters. The summed E-state index contributed by atoms with van der Waals surface area (Å²) in [6.07, 6.45) is 1.31. The van der Waals surface area contributed by atoms with Crippen LogP contribution < -0.4 is 16.4 Å². The zero-order chi connectivity index (χ0) is 12.6. The first-order valence-corrected chi connectivity index (χ1v) is 5.02. The van der Waals surface area contributed by atoms with Crippen LogP contribution in [0.4, 0.5) is 4.79 Å². The second-order valence-electron chi connectivity index (χ2n) is 3.32. The minimum absolute atomic E-state index is 0.420. The molecule has 0 heterocycles. The van der Waals surface area contributed by atoms with Crippen molar-refractivity contribution < 1.29 is 19.5 Å². The van der Waals surface area contributed by atoms with Crippen molar-refractivity contribution >= 4 is 17.9 Å². The van der Waals surface area contributed by atoms with E-state index < -0.39 is 30.4 Å². The summed E-state index contributed by atoms with van der Waals surface area (Å²) in [4.78, 5) is 32.4. The van der Waals surface area contributed by atoms with E-state index in [4.69, 9.17) is 10.8 Å². The second-order valence-corrected chi connectivity index (χ2v) is 3.32. The van der Waals surface area contributed by atoms with Gasteiger partial charge in [-0.15, -0.1) is 0 Å². The average Bonchev–Trinajstić information content (AvgIpc) is 2.16. The number of aliphatic carboxylic acids is 1. The molecule has 7 heteroatoms. The molecule has 3 amide bonds. The molecule has 7 nitrogen and oxygen atoms in total. The van der Waals surface area contributed by atoms with Crippen molar-refractivity contribution in [3.05, 3.63) is 0 Å². The van der Waals surface area contributed by atoms with Crippen LogP contribution in [0.2, 0.25) is 0 Å². The Morgan fingerprint density at radius 2 is 2.00 bits per heavy atom. The van der Waals surface area contributed by atoms with E-state index in [0.717, 1.165) is 12.8 Å². The fraction of sp³-hybridized carbons (Fsp3) is 0.667. The van der Waals surface area contributed by atoms with Crippen LogP contribution in [0, 0.1) is 0 Å². The Morgan fingerprint density at radius 1 is 1.38 bits per heavy atom. The Kier molecular flexibility index (Phi) is 6.66. The highest BCUT2D eigenvalue weighted by Gasteiger charge is 2.21. The molecule has 0 rings (SSSR count). The molecule has 5 N–H and O–H groups in total. The third-order valence-electron chi connectivity index (χ3n) is 1.82. The lowest BCUT2D eigenvalue weighted by Crippen LogP contribution is -2.47. The number of carboxylic acids is 1. The van der Waals surface area contributed by atoms with Crippen molar-refractivity contribution in [2.75, 3.05) is 6.54 Å². The Bertz CT molecular complexity index is 267. The van der Waals surface area contributed by atoms with Crippen LogP contribution in [0.15, 0.2) is 0 Å². The summed E-state index contributed by atoms with van der Waals surface area (Å²) in [5.41, 5.74) is 4.85. The SMILES string of the molecule is CCCCNC(=O)N[C@H](CC(N)=O)C(=O)O. The lowest BCUT2D eigenvalue weighted by Gasteiger charge is -2.13. The van der Waals surface area contributed by atoms with Gasteiger partial charge in [0, 0.05) is 6.54 Å². The van der Waals surface area contributed by atoms with Crippen molar-refractivity contribution in [3.8, 4) is 0 Å². The predicted molar refractivity (Wildman–Crippen MR) is 56.7 cm³/mol. The number of unbranched alkanes of at least 4 members (excludes halogenated alkanes) is 1. The monoisotopic (exact) mass is 231 g/mol. The zero-order valence-corrected chi connectivity index (χ0v) is 9.16. The summed E-state index contributed by atoms with van der Waals surface area (Å²) in [7, 11) is 0. The van der Waals surface area contributed by atoms with E-state index in [9.17, 15) is 14.4 Å². The fourth-order valence-electron chi connectivity index (χ4n) is 0.989. The molecular formula is C9H17N3O4. The Morgan fingerprint density at radius 3 is 2.44 bits per heavy atom. The number of carbonyl (C=O) groups is 3. The molecular weight excluding hydrogens is 214 g/mol. The van der Waals surface area contributed by atoms with Crippen LogP contribution in [-0.2, 0) is 9.59 Å². The second kappa shape index (κ2) is 7.49. The number of nitrogens with one attached hydrogen (secondary N) is 2. The van der Waals surface area contributed by atoms with Crippen molar-refractivity contribution in [1.29, 1.82) is 0 Å². The van der Waals surface area contributed by atoms with E-state index >= 15 is 0 Å². The molecule has 0 radical (unpaired) electrons. The fourth-order valence-corrected chi connectivity index (χ4v) is 0.989. The summed E-state index contributed by atoms with van der Waals surface area (Å²) in [6, 6.07) is -1.89. The van der Waals surface area contributed by atoms with E-state index in [1.54, 1.807) is 0 Å². The first-order valence-electron chi connectivity index (χ1n) is 5.02. The van der Waals surface area contributed by atoms with E-state index in [-0.39, 0.29) is 0 Å². The molecule has 0 saturated heterocycles. The molecule has 16 heavy (non-hydrogen) atoms. The summed E-state index contributed by atoms with van der Waals surface area (Å²) < 4.78 is 0. The predicted octanol–water partition coefficient (Wildman–Crippen LogP) is -0.586. The summed E-state index contributed by atoms with van der Waals surface area (Å²) in [6.45, 7) is 2.43. The molecule has 0 aliphatic carbocycles. The van der Waals surface area contributed by atoms with Gasteiger partial charge in [0.05, 0.1) is 6.42 Å². The maximum absolute atomic E-state index is 11.2. The van der Waals surface area contributed by atoms with Gasteiger partial charge in [0.2, 0.25) is 5.91 Å². The van der Waals surface area contributed by atoms with Gasteiger partial charge in [0.15, 0.2) is 0 Å². The van der Waals surface area contributed by atoms with E-state index in [0.29, 0.717) is 6.54 Å². The number of primary amides is 1. The molecule has 0 saturated carbocycles.